The van der Waals surface area contributed by atoms with Gasteiger partial charge in [-0.15, -0.1) is 0 Å². The summed E-state index contributed by atoms with van der Waals surface area (Å²) in [6.45, 7) is 0.624. The number of nitrogens with zero attached hydrogens (tertiary/aromatic N) is 2. The zero-order chi connectivity index (χ0) is 16.5. The quantitative estimate of drug-likeness (QED) is 0.480. The van der Waals surface area contributed by atoms with Crippen molar-refractivity contribution in [2.75, 3.05) is 0 Å². The third kappa shape index (κ3) is 2.79. The fourth-order valence-corrected chi connectivity index (χ4v) is 2.95. The van der Waals surface area contributed by atoms with Gasteiger partial charge in [-0.25, -0.2) is 9.37 Å². The van der Waals surface area contributed by atoms with Gasteiger partial charge in [0.2, 0.25) is 0 Å². The first-order valence-corrected chi connectivity index (χ1v) is 8.04. The van der Waals surface area contributed by atoms with Crippen LogP contribution in [0.3, 0.4) is 0 Å². The number of benzene rings is 3. The van der Waals surface area contributed by atoms with Gasteiger partial charge in [-0.1, -0.05) is 35.9 Å². The number of aromatic nitrogens is 2. The lowest BCUT2D eigenvalue weighted by molar-refractivity contribution is 0.626. The van der Waals surface area contributed by atoms with Gasteiger partial charge in [-0.2, -0.15) is 0 Å². The van der Waals surface area contributed by atoms with Crippen molar-refractivity contribution in [3.63, 3.8) is 0 Å². The van der Waals surface area contributed by atoms with Crippen LogP contribution in [0.25, 0.3) is 22.4 Å². The molecule has 0 bridgehead atoms. The first-order valence-electron chi connectivity index (χ1n) is 7.66. The molecule has 24 heavy (non-hydrogen) atoms. The van der Waals surface area contributed by atoms with Gasteiger partial charge in [0.05, 0.1) is 11.0 Å². The van der Waals surface area contributed by atoms with E-state index in [-0.39, 0.29) is 5.82 Å². The Balaban J connectivity index is 1.86. The van der Waals surface area contributed by atoms with Crippen LogP contribution in [-0.2, 0) is 6.54 Å². The second kappa shape index (κ2) is 6.10. The van der Waals surface area contributed by atoms with Crippen LogP contribution in [0.2, 0.25) is 5.02 Å². The molecule has 2 nitrogen and oxygen atoms in total. The normalized spacial score (nSPS) is 11.1. The summed E-state index contributed by atoms with van der Waals surface area (Å²) >= 11 is 6.00. The van der Waals surface area contributed by atoms with E-state index in [1.54, 1.807) is 12.1 Å². The van der Waals surface area contributed by atoms with E-state index in [4.69, 9.17) is 16.6 Å². The number of imidazole rings is 1. The minimum atomic E-state index is -0.229. The van der Waals surface area contributed by atoms with E-state index < -0.39 is 0 Å². The molecule has 0 saturated carbocycles. The van der Waals surface area contributed by atoms with Crippen LogP contribution < -0.4 is 0 Å². The molecule has 0 aliphatic rings. The van der Waals surface area contributed by atoms with E-state index in [1.807, 2.05) is 48.5 Å². The van der Waals surface area contributed by atoms with E-state index in [2.05, 4.69) is 4.57 Å². The molecule has 118 valence electrons. The third-order valence-electron chi connectivity index (χ3n) is 4.01. The van der Waals surface area contributed by atoms with Crippen LogP contribution in [0.5, 0.6) is 0 Å². The monoisotopic (exact) mass is 336 g/mol. The minimum Gasteiger partial charge on any atom is -0.319 e. The highest BCUT2D eigenvalue weighted by atomic mass is 35.5. The van der Waals surface area contributed by atoms with Crippen molar-refractivity contribution in [1.29, 1.82) is 0 Å². The molecule has 0 saturated heterocycles. The summed E-state index contributed by atoms with van der Waals surface area (Å²) in [7, 11) is 0. The Labute approximate surface area is 144 Å². The molecule has 0 radical (unpaired) electrons. The Kier molecular flexibility index (Phi) is 3.79. The number of rotatable bonds is 3. The maximum atomic E-state index is 13.2. The second-order valence-electron chi connectivity index (χ2n) is 5.64. The van der Waals surface area contributed by atoms with Crippen molar-refractivity contribution in [3.8, 4) is 11.4 Å². The van der Waals surface area contributed by atoms with E-state index in [0.29, 0.717) is 11.6 Å². The van der Waals surface area contributed by atoms with Crippen molar-refractivity contribution in [1.82, 2.24) is 9.55 Å². The maximum Gasteiger partial charge on any atom is 0.141 e. The van der Waals surface area contributed by atoms with Gasteiger partial charge < -0.3 is 4.57 Å². The van der Waals surface area contributed by atoms with E-state index >= 15 is 0 Å². The smallest absolute Gasteiger partial charge is 0.141 e. The maximum absolute atomic E-state index is 13.2. The Morgan fingerprint density at radius 1 is 0.875 bits per heavy atom. The van der Waals surface area contributed by atoms with Crippen LogP contribution in [0.1, 0.15) is 5.56 Å². The molecule has 0 N–H and O–H groups in total. The van der Waals surface area contributed by atoms with Gasteiger partial charge in [0, 0.05) is 17.1 Å². The molecular formula is C20H14ClFN2. The molecule has 1 aromatic heterocycles. The molecule has 0 atom stereocenters. The molecule has 0 unspecified atom stereocenters. The third-order valence-corrected chi connectivity index (χ3v) is 4.26. The van der Waals surface area contributed by atoms with Crippen LogP contribution in [-0.4, -0.2) is 9.55 Å². The van der Waals surface area contributed by atoms with Crippen molar-refractivity contribution in [2.24, 2.45) is 0 Å². The molecule has 4 heteroatoms. The summed E-state index contributed by atoms with van der Waals surface area (Å²) in [5.41, 5.74) is 4.00. The number of hydrogen-bond donors (Lipinski definition) is 0. The number of halogens is 2. The van der Waals surface area contributed by atoms with Gasteiger partial charge in [-0.05, 0) is 54.1 Å². The van der Waals surface area contributed by atoms with Crippen LogP contribution in [0.4, 0.5) is 4.39 Å². The van der Waals surface area contributed by atoms with Crippen LogP contribution in [0, 0.1) is 5.82 Å². The average molecular weight is 337 g/mol. The summed E-state index contributed by atoms with van der Waals surface area (Å²) in [6.07, 6.45) is 0. The van der Waals surface area contributed by atoms with Crippen LogP contribution >= 0.6 is 11.6 Å². The molecule has 0 aliphatic heterocycles. The first kappa shape index (κ1) is 14.9. The molecule has 0 spiro atoms. The molecule has 3 aromatic carbocycles. The standard InChI is InChI=1S/C20H14ClFN2/c21-16-9-7-15(8-10-16)20-23-18-3-1-2-4-19(18)24(20)13-14-5-11-17(22)12-6-14/h1-12H,13H2. The highest BCUT2D eigenvalue weighted by Gasteiger charge is 2.12. The largest absolute Gasteiger partial charge is 0.319 e. The Morgan fingerprint density at radius 3 is 2.33 bits per heavy atom. The fourth-order valence-electron chi connectivity index (χ4n) is 2.83. The molecule has 0 fully saturated rings. The van der Waals surface area contributed by atoms with Crippen molar-refractivity contribution in [2.45, 2.75) is 6.54 Å². The number of fused-ring (bicyclic) bond motifs is 1. The van der Waals surface area contributed by atoms with Gasteiger partial charge in [0.1, 0.15) is 11.6 Å². The SMILES string of the molecule is Fc1ccc(Cn2c(-c3ccc(Cl)cc3)nc3ccccc32)cc1. The predicted molar refractivity (Wildman–Crippen MR) is 95.7 cm³/mol. The van der Waals surface area contributed by atoms with Gasteiger partial charge in [-0.3, -0.25) is 0 Å². The zero-order valence-corrected chi connectivity index (χ0v) is 13.5. The highest BCUT2D eigenvalue weighted by molar-refractivity contribution is 6.30. The zero-order valence-electron chi connectivity index (χ0n) is 12.8. The molecule has 0 aliphatic carbocycles. The van der Waals surface area contributed by atoms with Gasteiger partial charge in [0.25, 0.3) is 0 Å². The topological polar surface area (TPSA) is 17.8 Å². The fraction of sp³-hybridized carbons (Fsp3) is 0.0500. The summed E-state index contributed by atoms with van der Waals surface area (Å²) in [6, 6.07) is 22.2. The first-order chi connectivity index (χ1) is 11.7. The minimum absolute atomic E-state index is 0.229. The van der Waals surface area contributed by atoms with Gasteiger partial charge >= 0.3 is 0 Å². The second-order valence-corrected chi connectivity index (χ2v) is 6.08. The van der Waals surface area contributed by atoms with E-state index in [1.165, 1.54) is 12.1 Å². The van der Waals surface area contributed by atoms with Crippen molar-refractivity contribution in [3.05, 3.63) is 89.2 Å². The average Bonchev–Trinajstić information content (AvgIpc) is 2.96. The lowest BCUT2D eigenvalue weighted by atomic mass is 10.2. The summed E-state index contributed by atoms with van der Waals surface area (Å²) in [5.74, 6) is 0.643. The molecule has 4 rings (SSSR count). The van der Waals surface area contributed by atoms with Crippen LogP contribution in [0.15, 0.2) is 72.8 Å². The molecular weight excluding hydrogens is 323 g/mol. The van der Waals surface area contributed by atoms with E-state index in [9.17, 15) is 4.39 Å². The summed E-state index contributed by atoms with van der Waals surface area (Å²) in [5, 5.41) is 0.694. The number of hydrogen-bond acceptors (Lipinski definition) is 1. The lowest BCUT2D eigenvalue weighted by Crippen LogP contribution is -2.02. The molecule has 4 aromatic rings. The Morgan fingerprint density at radius 2 is 1.58 bits per heavy atom. The van der Waals surface area contributed by atoms with Crippen molar-refractivity contribution >= 4 is 22.6 Å². The molecule has 1 heterocycles. The van der Waals surface area contributed by atoms with Gasteiger partial charge in [0.15, 0.2) is 0 Å². The number of para-hydroxylation sites is 2. The Hall–Kier alpha value is -2.65. The van der Waals surface area contributed by atoms with E-state index in [0.717, 1.165) is 28.0 Å². The molecule has 0 amide bonds. The highest BCUT2D eigenvalue weighted by Crippen LogP contribution is 2.27. The summed E-state index contributed by atoms with van der Waals surface area (Å²) < 4.78 is 15.3. The lowest BCUT2D eigenvalue weighted by Gasteiger charge is -2.10. The summed E-state index contributed by atoms with van der Waals surface area (Å²) in [4.78, 5) is 4.77. The van der Waals surface area contributed by atoms with Crippen molar-refractivity contribution < 1.29 is 4.39 Å². The predicted octanol–water partition coefficient (Wildman–Crippen LogP) is 5.54. The Bertz CT molecular complexity index is 989.